The van der Waals surface area contributed by atoms with Gasteiger partial charge in [0.25, 0.3) is 0 Å². The lowest BCUT2D eigenvalue weighted by molar-refractivity contribution is 0.393. The van der Waals surface area contributed by atoms with Crippen molar-refractivity contribution in [3.8, 4) is 0 Å². The molecule has 0 aromatic heterocycles. The molecule has 21 heavy (non-hydrogen) atoms. The van der Waals surface area contributed by atoms with Gasteiger partial charge in [-0.1, -0.05) is 34.6 Å². The van der Waals surface area contributed by atoms with E-state index in [4.69, 9.17) is 4.99 Å². The summed E-state index contributed by atoms with van der Waals surface area (Å²) in [7, 11) is 0. The van der Waals surface area contributed by atoms with Crippen molar-refractivity contribution < 1.29 is 0 Å². The Hall–Kier alpha value is -1.13. The minimum atomic E-state index is -0.214. The van der Waals surface area contributed by atoms with E-state index in [1.54, 1.807) is 0 Å². The van der Waals surface area contributed by atoms with Gasteiger partial charge in [0.05, 0.1) is 5.54 Å². The average molecular weight is 348 g/mol. The fourth-order valence-electron chi connectivity index (χ4n) is 2.99. The first-order chi connectivity index (χ1) is 9.97. The molecule has 0 spiro atoms. The van der Waals surface area contributed by atoms with E-state index in [0.717, 1.165) is 41.2 Å². The van der Waals surface area contributed by atoms with E-state index in [1.807, 2.05) is 0 Å². The van der Waals surface area contributed by atoms with Gasteiger partial charge in [0.15, 0.2) is 0 Å². The van der Waals surface area contributed by atoms with Gasteiger partial charge >= 0.3 is 0 Å². The van der Waals surface area contributed by atoms with Crippen LogP contribution in [-0.2, 0) is 0 Å². The van der Waals surface area contributed by atoms with Crippen molar-refractivity contribution in [2.75, 3.05) is 19.6 Å². The van der Waals surface area contributed by atoms with E-state index >= 15 is 0 Å². The monoisotopic (exact) mass is 347 g/mol. The summed E-state index contributed by atoms with van der Waals surface area (Å²) >= 11 is 3.50. The van der Waals surface area contributed by atoms with E-state index in [1.165, 1.54) is 6.42 Å². The largest absolute Gasteiger partial charge is 0.328 e. The van der Waals surface area contributed by atoms with Gasteiger partial charge in [0, 0.05) is 22.3 Å². The lowest BCUT2D eigenvalue weighted by Crippen LogP contribution is -2.34. The Morgan fingerprint density at radius 1 is 1.38 bits per heavy atom. The second kappa shape index (κ2) is 5.58. The van der Waals surface area contributed by atoms with Crippen LogP contribution in [-0.4, -0.2) is 35.9 Å². The zero-order valence-electron chi connectivity index (χ0n) is 12.7. The zero-order valence-corrected chi connectivity index (χ0v) is 14.3. The number of benzene rings is 1. The van der Waals surface area contributed by atoms with Crippen LogP contribution in [0.15, 0.2) is 46.0 Å². The van der Waals surface area contributed by atoms with Crippen molar-refractivity contribution in [3.05, 3.63) is 46.6 Å². The van der Waals surface area contributed by atoms with Gasteiger partial charge in [-0.25, -0.2) is 0 Å². The van der Waals surface area contributed by atoms with Crippen LogP contribution in [0.25, 0.3) is 0 Å². The molecule has 1 aromatic carbocycles. The first-order valence-corrected chi connectivity index (χ1v) is 8.30. The Kier molecular flexibility index (Phi) is 3.93. The standard InChI is InChI=1S/C17H22BrN3/c1-12-17(2,3)20-16(14-4-6-15(18)7-5-14)21(12)11-13-8-9-19-10-13/h4-7,13,19H,1,8-11H2,2-3H3/t13-/m1/s1. The third kappa shape index (κ3) is 2.92. The van der Waals surface area contributed by atoms with Crippen LogP contribution in [0.2, 0.25) is 0 Å². The van der Waals surface area contributed by atoms with Crippen LogP contribution < -0.4 is 5.32 Å². The molecule has 0 bridgehead atoms. The highest BCUT2D eigenvalue weighted by Gasteiger charge is 2.37. The van der Waals surface area contributed by atoms with Crippen molar-refractivity contribution in [2.24, 2.45) is 10.9 Å². The van der Waals surface area contributed by atoms with Gasteiger partial charge in [0.1, 0.15) is 5.84 Å². The topological polar surface area (TPSA) is 27.6 Å². The van der Waals surface area contributed by atoms with Gasteiger partial charge in [-0.2, -0.15) is 0 Å². The summed E-state index contributed by atoms with van der Waals surface area (Å²) in [6.45, 7) is 11.8. The molecule has 1 aromatic rings. The van der Waals surface area contributed by atoms with E-state index in [9.17, 15) is 0 Å². The number of hydrogen-bond donors (Lipinski definition) is 1. The molecule has 3 rings (SSSR count). The Morgan fingerprint density at radius 3 is 2.71 bits per heavy atom. The van der Waals surface area contributed by atoms with Crippen molar-refractivity contribution in [1.29, 1.82) is 0 Å². The first kappa shape index (κ1) is 14.8. The molecule has 3 nitrogen and oxygen atoms in total. The number of amidine groups is 1. The highest BCUT2D eigenvalue weighted by atomic mass is 79.9. The molecule has 0 amide bonds. The minimum absolute atomic E-state index is 0.214. The summed E-state index contributed by atoms with van der Waals surface area (Å²) in [6, 6.07) is 8.39. The number of nitrogens with zero attached hydrogens (tertiary/aromatic N) is 2. The van der Waals surface area contributed by atoms with Crippen LogP contribution in [0.5, 0.6) is 0 Å². The summed E-state index contributed by atoms with van der Waals surface area (Å²) < 4.78 is 1.09. The molecule has 2 heterocycles. The summed E-state index contributed by atoms with van der Waals surface area (Å²) in [5, 5.41) is 3.44. The Bertz CT molecular complexity index is 568. The summed E-state index contributed by atoms with van der Waals surface area (Å²) in [4.78, 5) is 7.25. The molecular formula is C17H22BrN3. The maximum atomic E-state index is 4.93. The van der Waals surface area contributed by atoms with E-state index in [-0.39, 0.29) is 5.54 Å². The lowest BCUT2D eigenvalue weighted by Gasteiger charge is -2.28. The van der Waals surface area contributed by atoms with Gasteiger partial charge in [-0.3, -0.25) is 4.99 Å². The molecular weight excluding hydrogens is 326 g/mol. The normalized spacial score (nSPS) is 24.5. The third-order valence-corrected chi connectivity index (χ3v) is 4.91. The molecule has 1 atom stereocenters. The average Bonchev–Trinajstić information content (AvgIpc) is 3.02. The number of aliphatic imine (C=N–C) groups is 1. The number of nitrogens with one attached hydrogen (secondary N) is 1. The van der Waals surface area contributed by atoms with E-state index < -0.39 is 0 Å². The number of halogens is 1. The maximum Gasteiger partial charge on any atom is 0.136 e. The second-order valence-corrected chi connectivity index (χ2v) is 7.33. The van der Waals surface area contributed by atoms with Crippen LogP contribution in [0, 0.1) is 5.92 Å². The van der Waals surface area contributed by atoms with Crippen LogP contribution >= 0.6 is 15.9 Å². The fourth-order valence-corrected chi connectivity index (χ4v) is 3.26. The predicted octanol–water partition coefficient (Wildman–Crippen LogP) is 3.41. The van der Waals surface area contributed by atoms with Crippen molar-refractivity contribution in [3.63, 3.8) is 0 Å². The molecule has 4 heteroatoms. The highest BCUT2D eigenvalue weighted by Crippen LogP contribution is 2.33. The zero-order chi connectivity index (χ0) is 15.0. The molecule has 1 N–H and O–H groups in total. The SMILES string of the molecule is C=C1N(C[C@@H]2CCNC2)C(c2ccc(Br)cc2)=NC1(C)C. The van der Waals surface area contributed by atoms with Crippen molar-refractivity contribution in [2.45, 2.75) is 25.8 Å². The van der Waals surface area contributed by atoms with Crippen LogP contribution in [0.1, 0.15) is 25.8 Å². The van der Waals surface area contributed by atoms with Crippen molar-refractivity contribution in [1.82, 2.24) is 10.2 Å². The molecule has 2 aliphatic heterocycles. The molecule has 0 aliphatic carbocycles. The second-order valence-electron chi connectivity index (χ2n) is 6.42. The Labute approximate surface area is 135 Å². The summed E-state index contributed by atoms with van der Waals surface area (Å²) in [5.74, 6) is 1.74. The minimum Gasteiger partial charge on any atom is -0.328 e. The molecule has 1 fully saturated rings. The first-order valence-electron chi connectivity index (χ1n) is 7.51. The Balaban J connectivity index is 1.90. The molecule has 0 saturated carbocycles. The fraction of sp³-hybridized carbons (Fsp3) is 0.471. The quantitative estimate of drug-likeness (QED) is 0.907. The van der Waals surface area contributed by atoms with Gasteiger partial charge in [-0.05, 0) is 51.4 Å². The molecule has 0 unspecified atom stereocenters. The lowest BCUT2D eigenvalue weighted by atomic mass is 10.0. The van der Waals surface area contributed by atoms with Crippen LogP contribution in [0.3, 0.4) is 0 Å². The highest BCUT2D eigenvalue weighted by molar-refractivity contribution is 9.10. The summed E-state index contributed by atoms with van der Waals surface area (Å²) in [6.07, 6.45) is 1.23. The smallest absolute Gasteiger partial charge is 0.136 e. The number of rotatable bonds is 3. The molecule has 2 aliphatic rings. The van der Waals surface area contributed by atoms with Crippen LogP contribution in [0.4, 0.5) is 0 Å². The third-order valence-electron chi connectivity index (χ3n) is 4.38. The van der Waals surface area contributed by atoms with Gasteiger partial charge in [0.2, 0.25) is 0 Å². The van der Waals surface area contributed by atoms with E-state index in [2.05, 4.69) is 70.8 Å². The van der Waals surface area contributed by atoms with Gasteiger partial charge in [-0.15, -0.1) is 0 Å². The number of hydrogen-bond acceptors (Lipinski definition) is 3. The molecule has 1 saturated heterocycles. The summed E-state index contributed by atoms with van der Waals surface area (Å²) in [5.41, 5.74) is 2.05. The maximum absolute atomic E-state index is 4.93. The van der Waals surface area contributed by atoms with E-state index in [0.29, 0.717) is 5.92 Å². The molecule has 0 radical (unpaired) electrons. The van der Waals surface area contributed by atoms with Gasteiger partial charge < -0.3 is 10.2 Å². The molecule has 112 valence electrons. The van der Waals surface area contributed by atoms with Crippen molar-refractivity contribution >= 4 is 21.8 Å². The Morgan fingerprint density at radius 2 is 2.10 bits per heavy atom. The predicted molar refractivity (Wildman–Crippen MR) is 91.6 cm³/mol.